The Morgan fingerprint density at radius 1 is 1.00 bits per heavy atom. The number of benzene rings is 1. The van der Waals surface area contributed by atoms with Crippen LogP contribution >= 0.6 is 0 Å². The summed E-state index contributed by atoms with van der Waals surface area (Å²) in [4.78, 5) is 0. The molecule has 0 aliphatic heterocycles. The van der Waals surface area contributed by atoms with Gasteiger partial charge in [-0.25, -0.2) is 22.0 Å². The van der Waals surface area contributed by atoms with Crippen LogP contribution in [0.15, 0.2) is 0 Å². The molecule has 1 aromatic rings. The van der Waals surface area contributed by atoms with E-state index in [1.165, 1.54) is 6.92 Å². The molecule has 0 amide bonds. The van der Waals surface area contributed by atoms with Crippen LogP contribution in [-0.2, 0) is 10.8 Å². The fraction of sp³-hybridized carbons (Fsp3) is 0.455. The van der Waals surface area contributed by atoms with E-state index in [1.807, 2.05) is 0 Å². The van der Waals surface area contributed by atoms with Gasteiger partial charge in [0.15, 0.2) is 33.8 Å². The third-order valence-corrected chi connectivity index (χ3v) is 3.45. The Balaban J connectivity index is 3.05. The Labute approximate surface area is 114 Å². The first-order valence-corrected chi connectivity index (χ1v) is 6.42. The molecule has 0 aliphatic carbocycles. The van der Waals surface area contributed by atoms with Gasteiger partial charge in [0.2, 0.25) is 5.82 Å². The van der Waals surface area contributed by atoms with Crippen molar-refractivity contribution < 1.29 is 36.6 Å². The second-order valence-electron chi connectivity index (χ2n) is 4.51. The molecule has 20 heavy (non-hydrogen) atoms. The summed E-state index contributed by atoms with van der Waals surface area (Å²) >= 11 is 0. The maximum absolute atomic E-state index is 13.4. The van der Waals surface area contributed by atoms with Gasteiger partial charge in [0.05, 0.1) is 0 Å². The normalized spacial score (nSPS) is 13.8. The van der Waals surface area contributed by atoms with Crippen LogP contribution in [0.25, 0.3) is 0 Å². The van der Waals surface area contributed by atoms with Crippen molar-refractivity contribution in [1.82, 2.24) is 0 Å². The van der Waals surface area contributed by atoms with Crippen LogP contribution < -0.4 is 0 Å². The summed E-state index contributed by atoms with van der Waals surface area (Å²) in [6.45, 7) is 1.36. The highest BCUT2D eigenvalue weighted by Crippen LogP contribution is 2.27. The van der Waals surface area contributed by atoms with Crippen LogP contribution in [0.1, 0.15) is 18.9 Å². The zero-order chi connectivity index (χ0) is 15.7. The van der Waals surface area contributed by atoms with Gasteiger partial charge in [-0.05, 0) is 12.3 Å². The fourth-order valence-electron chi connectivity index (χ4n) is 1.79. The summed E-state index contributed by atoms with van der Waals surface area (Å²) in [5.41, 5.74) is -0.988. The monoisotopic (exact) mass is 316 g/mol. The van der Waals surface area contributed by atoms with Crippen LogP contribution in [0.2, 0.25) is 0 Å². The van der Waals surface area contributed by atoms with Crippen molar-refractivity contribution in [3.63, 3.8) is 0 Å². The molecular formula is C11H13F5O3Si. The molecule has 0 spiro atoms. The average Bonchev–Trinajstić information content (AvgIpc) is 2.38. The van der Waals surface area contributed by atoms with E-state index in [-0.39, 0.29) is 10.5 Å². The number of hydrogen-bond acceptors (Lipinski definition) is 3. The Kier molecular flexibility index (Phi) is 5.25. The Morgan fingerprint density at radius 3 is 1.80 bits per heavy atom. The second-order valence-corrected chi connectivity index (χ2v) is 4.92. The average molecular weight is 316 g/mol. The minimum absolute atomic E-state index is 0.000369. The smallest absolute Gasteiger partial charge is 0.267 e. The third kappa shape index (κ3) is 3.54. The summed E-state index contributed by atoms with van der Waals surface area (Å²) in [6.07, 6.45) is -0.991. The molecule has 0 bridgehead atoms. The first kappa shape index (κ1) is 17.0. The molecule has 9 heteroatoms. The molecule has 0 saturated heterocycles. The predicted octanol–water partition coefficient (Wildman–Crippen LogP) is 0.886. The van der Waals surface area contributed by atoms with E-state index in [4.69, 9.17) is 0 Å². The topological polar surface area (TPSA) is 49.7 Å². The number of aliphatic hydroxyl groups is 2. The van der Waals surface area contributed by atoms with Crippen LogP contribution in [0.3, 0.4) is 0 Å². The maximum atomic E-state index is 13.4. The second kappa shape index (κ2) is 6.16. The van der Waals surface area contributed by atoms with Crippen molar-refractivity contribution in [1.29, 1.82) is 0 Å². The summed E-state index contributed by atoms with van der Waals surface area (Å²) in [5, 5.41) is 18.5. The Bertz CT molecular complexity index is 480. The minimum atomic E-state index is -2.48. The van der Waals surface area contributed by atoms with Crippen LogP contribution in [0.4, 0.5) is 22.0 Å². The summed E-state index contributed by atoms with van der Waals surface area (Å²) in [7, 11) is 0.000369. The zero-order valence-corrected chi connectivity index (χ0v) is 12.7. The van der Waals surface area contributed by atoms with Crippen molar-refractivity contribution in [2.45, 2.75) is 25.7 Å². The highest BCUT2D eigenvalue weighted by molar-refractivity contribution is 5.98. The molecule has 1 rings (SSSR count). The lowest BCUT2D eigenvalue weighted by Gasteiger charge is -2.24. The standard InChI is InChI=1S/C11H13F5O3Si/c1-4(3-11(17,18)19-20)2-5-6(12)8(14)10(16)9(15)7(5)13/h4,17-18H,2-3H2,1,20H3. The van der Waals surface area contributed by atoms with Crippen molar-refractivity contribution in [3.8, 4) is 0 Å². The first-order valence-electron chi connectivity index (χ1n) is 5.61. The van der Waals surface area contributed by atoms with Gasteiger partial charge in [0.25, 0.3) is 5.97 Å². The summed E-state index contributed by atoms with van der Waals surface area (Å²) in [5.74, 6) is -13.4. The highest BCUT2D eigenvalue weighted by Gasteiger charge is 2.29. The molecule has 0 heterocycles. The van der Waals surface area contributed by atoms with Gasteiger partial charge in [-0.3, -0.25) is 0 Å². The van der Waals surface area contributed by atoms with Gasteiger partial charge in [0, 0.05) is 12.0 Å². The van der Waals surface area contributed by atoms with E-state index in [1.54, 1.807) is 0 Å². The first-order chi connectivity index (χ1) is 9.10. The van der Waals surface area contributed by atoms with E-state index in [9.17, 15) is 32.2 Å². The van der Waals surface area contributed by atoms with Gasteiger partial charge in [0.1, 0.15) is 0 Å². The lowest BCUT2D eigenvalue weighted by atomic mass is 9.96. The molecular weight excluding hydrogens is 303 g/mol. The zero-order valence-electron chi connectivity index (χ0n) is 10.7. The van der Waals surface area contributed by atoms with Crippen LogP contribution in [0.5, 0.6) is 0 Å². The van der Waals surface area contributed by atoms with Gasteiger partial charge in [-0.2, -0.15) is 0 Å². The molecule has 1 unspecified atom stereocenters. The van der Waals surface area contributed by atoms with Crippen molar-refractivity contribution in [2.24, 2.45) is 5.92 Å². The molecule has 1 aromatic carbocycles. The van der Waals surface area contributed by atoms with E-state index in [0.717, 1.165) is 0 Å². The fourth-order valence-corrected chi connectivity index (χ4v) is 1.95. The predicted molar refractivity (Wildman–Crippen MR) is 61.9 cm³/mol. The quantitative estimate of drug-likeness (QED) is 0.279. The Morgan fingerprint density at radius 2 is 1.40 bits per heavy atom. The molecule has 0 radical (unpaired) electrons. The molecule has 0 aromatic heterocycles. The van der Waals surface area contributed by atoms with E-state index in [2.05, 4.69) is 4.43 Å². The molecule has 1 atom stereocenters. The molecule has 0 fully saturated rings. The molecule has 2 N–H and O–H groups in total. The lowest BCUT2D eigenvalue weighted by Crippen LogP contribution is -2.33. The molecule has 0 saturated carbocycles. The maximum Gasteiger partial charge on any atom is 0.267 e. The number of rotatable bonds is 5. The summed E-state index contributed by atoms with van der Waals surface area (Å²) < 4.78 is 70.0. The summed E-state index contributed by atoms with van der Waals surface area (Å²) in [6, 6.07) is 0. The van der Waals surface area contributed by atoms with Crippen molar-refractivity contribution in [3.05, 3.63) is 34.6 Å². The van der Waals surface area contributed by atoms with E-state index >= 15 is 0 Å². The van der Waals surface area contributed by atoms with Gasteiger partial charge in [-0.1, -0.05) is 6.92 Å². The number of halogens is 5. The third-order valence-electron chi connectivity index (χ3n) is 2.79. The van der Waals surface area contributed by atoms with E-state index < -0.39 is 59.4 Å². The lowest BCUT2D eigenvalue weighted by molar-refractivity contribution is -0.299. The molecule has 0 aliphatic rings. The van der Waals surface area contributed by atoms with Gasteiger partial charge < -0.3 is 14.6 Å². The minimum Gasteiger partial charge on any atom is -0.381 e. The van der Waals surface area contributed by atoms with E-state index in [0.29, 0.717) is 0 Å². The molecule has 114 valence electrons. The molecule has 3 nitrogen and oxygen atoms in total. The van der Waals surface area contributed by atoms with Crippen molar-refractivity contribution >= 4 is 10.5 Å². The highest BCUT2D eigenvalue weighted by atomic mass is 28.2. The van der Waals surface area contributed by atoms with Crippen LogP contribution in [0, 0.1) is 35.0 Å². The number of hydrogen-bond donors (Lipinski definition) is 2. The largest absolute Gasteiger partial charge is 0.381 e. The van der Waals surface area contributed by atoms with Crippen molar-refractivity contribution in [2.75, 3.05) is 0 Å². The Hall–Kier alpha value is -1.03. The van der Waals surface area contributed by atoms with Gasteiger partial charge >= 0.3 is 0 Å². The SMILES string of the molecule is CC(Cc1c(F)c(F)c(F)c(F)c1F)CC(O)(O)O[SiH3]. The van der Waals surface area contributed by atoms with Crippen LogP contribution in [-0.4, -0.2) is 26.7 Å². The van der Waals surface area contributed by atoms with Gasteiger partial charge in [-0.15, -0.1) is 0 Å².